The molecule has 0 aliphatic carbocycles. The molecule has 1 atom stereocenters. The topological polar surface area (TPSA) is 57.4 Å². The maximum atomic E-state index is 9.43. The zero-order valence-electron chi connectivity index (χ0n) is 18.0. The highest BCUT2D eigenvalue weighted by atomic mass is 16.3. The van der Waals surface area contributed by atoms with Gasteiger partial charge in [0.1, 0.15) is 5.82 Å². The van der Waals surface area contributed by atoms with Gasteiger partial charge in [-0.1, -0.05) is 19.3 Å². The molecule has 2 aromatic heterocycles. The molecule has 4 rings (SSSR count). The Hall–Kier alpha value is -1.66. The molecule has 2 aromatic rings. The Morgan fingerprint density at radius 3 is 2.62 bits per heavy atom. The van der Waals surface area contributed by atoms with Crippen LogP contribution in [-0.2, 0) is 13.5 Å². The van der Waals surface area contributed by atoms with E-state index in [0.717, 1.165) is 50.5 Å². The summed E-state index contributed by atoms with van der Waals surface area (Å²) < 4.78 is 1.96. The fourth-order valence-corrected chi connectivity index (χ4v) is 5.00. The molecule has 0 aromatic carbocycles. The van der Waals surface area contributed by atoms with E-state index in [0.29, 0.717) is 12.5 Å². The molecule has 1 N–H and O–H groups in total. The summed E-state index contributed by atoms with van der Waals surface area (Å²) in [4.78, 5) is 9.96. The van der Waals surface area contributed by atoms with E-state index in [-0.39, 0.29) is 0 Å². The van der Waals surface area contributed by atoms with Crippen LogP contribution in [0.2, 0.25) is 0 Å². The summed E-state index contributed by atoms with van der Waals surface area (Å²) >= 11 is 0. The van der Waals surface area contributed by atoms with E-state index in [1.165, 1.54) is 62.6 Å². The van der Waals surface area contributed by atoms with Crippen molar-refractivity contribution in [3.63, 3.8) is 0 Å². The van der Waals surface area contributed by atoms with Crippen molar-refractivity contribution in [2.24, 2.45) is 13.0 Å². The molecule has 2 aliphatic heterocycles. The van der Waals surface area contributed by atoms with Crippen LogP contribution < -0.4 is 4.90 Å². The minimum Gasteiger partial charge on any atom is -0.396 e. The molecule has 2 fully saturated rings. The number of anilines is 1. The number of pyridine rings is 1. The standard InChI is InChI=1S/C23H37N5O/c1-26-23-20(11-12-22(24-23)28-15-5-3-2-4-6-16-28)21(25-26)10-8-14-27-13-7-9-19(17-27)18-29/h11-12,19,29H,2-10,13-18H2,1H3. The van der Waals surface area contributed by atoms with Gasteiger partial charge in [0, 0.05) is 38.7 Å². The highest BCUT2D eigenvalue weighted by Crippen LogP contribution is 2.24. The summed E-state index contributed by atoms with van der Waals surface area (Å²) in [6.45, 7) is 5.86. The molecule has 0 spiro atoms. The number of nitrogens with zero attached hydrogens (tertiary/aromatic N) is 5. The summed E-state index contributed by atoms with van der Waals surface area (Å²) in [6, 6.07) is 4.44. The molecule has 2 aliphatic rings. The largest absolute Gasteiger partial charge is 0.396 e. The van der Waals surface area contributed by atoms with Crippen molar-refractivity contribution in [3.05, 3.63) is 17.8 Å². The van der Waals surface area contributed by atoms with Gasteiger partial charge in [-0.25, -0.2) is 4.98 Å². The smallest absolute Gasteiger partial charge is 0.160 e. The second kappa shape index (κ2) is 9.90. The van der Waals surface area contributed by atoms with Gasteiger partial charge in [-0.05, 0) is 69.7 Å². The molecule has 0 bridgehead atoms. The predicted molar refractivity (Wildman–Crippen MR) is 118 cm³/mol. The fourth-order valence-electron chi connectivity index (χ4n) is 5.00. The highest BCUT2D eigenvalue weighted by Gasteiger charge is 2.19. The third-order valence-corrected chi connectivity index (χ3v) is 6.68. The molecule has 6 nitrogen and oxygen atoms in total. The van der Waals surface area contributed by atoms with Gasteiger partial charge < -0.3 is 14.9 Å². The predicted octanol–water partition coefficient (Wildman–Crippen LogP) is 3.38. The normalized spacial score (nSPS) is 22.0. The number of likely N-dealkylation sites (tertiary alicyclic amines) is 1. The van der Waals surface area contributed by atoms with Gasteiger partial charge in [-0.2, -0.15) is 5.10 Å². The van der Waals surface area contributed by atoms with Gasteiger partial charge in [-0.3, -0.25) is 4.68 Å². The lowest BCUT2D eigenvalue weighted by Gasteiger charge is -2.31. The molecule has 29 heavy (non-hydrogen) atoms. The van der Waals surface area contributed by atoms with Crippen LogP contribution in [-0.4, -0.2) is 64.1 Å². The first kappa shape index (κ1) is 20.6. The Bertz CT molecular complexity index is 781. The van der Waals surface area contributed by atoms with Crippen molar-refractivity contribution in [2.75, 3.05) is 44.2 Å². The van der Waals surface area contributed by atoms with Crippen LogP contribution in [0.4, 0.5) is 5.82 Å². The van der Waals surface area contributed by atoms with Crippen molar-refractivity contribution >= 4 is 16.9 Å². The van der Waals surface area contributed by atoms with Crippen molar-refractivity contribution in [1.29, 1.82) is 0 Å². The molecule has 160 valence electrons. The lowest BCUT2D eigenvalue weighted by Crippen LogP contribution is -2.37. The monoisotopic (exact) mass is 399 g/mol. The van der Waals surface area contributed by atoms with Crippen LogP contribution in [0, 0.1) is 5.92 Å². The van der Waals surface area contributed by atoms with E-state index in [4.69, 9.17) is 10.1 Å². The first-order chi connectivity index (χ1) is 14.2. The van der Waals surface area contributed by atoms with Gasteiger partial charge in [0.25, 0.3) is 0 Å². The number of aryl methyl sites for hydroxylation is 2. The second-order valence-corrected chi connectivity index (χ2v) is 8.96. The lowest BCUT2D eigenvalue weighted by molar-refractivity contribution is 0.120. The number of hydrogen-bond donors (Lipinski definition) is 1. The number of aliphatic hydroxyl groups excluding tert-OH is 1. The maximum absolute atomic E-state index is 9.43. The second-order valence-electron chi connectivity index (χ2n) is 8.96. The molecule has 2 saturated heterocycles. The zero-order chi connectivity index (χ0) is 20.1. The molecule has 0 saturated carbocycles. The number of aliphatic hydroxyl groups is 1. The summed E-state index contributed by atoms with van der Waals surface area (Å²) in [5, 5.41) is 15.4. The first-order valence-electron chi connectivity index (χ1n) is 11.7. The molecule has 6 heteroatoms. The van der Waals surface area contributed by atoms with Crippen molar-refractivity contribution in [3.8, 4) is 0 Å². The molecule has 0 amide bonds. The Balaban J connectivity index is 1.40. The van der Waals surface area contributed by atoms with E-state index in [1.807, 2.05) is 11.7 Å². The summed E-state index contributed by atoms with van der Waals surface area (Å²) in [7, 11) is 2.02. The number of piperidine rings is 1. The highest BCUT2D eigenvalue weighted by molar-refractivity contribution is 5.80. The van der Waals surface area contributed by atoms with Gasteiger partial charge in [-0.15, -0.1) is 0 Å². The Kier molecular flexibility index (Phi) is 7.03. The third kappa shape index (κ3) is 5.10. The minimum absolute atomic E-state index is 0.326. The number of fused-ring (bicyclic) bond motifs is 1. The van der Waals surface area contributed by atoms with E-state index < -0.39 is 0 Å². The Morgan fingerprint density at radius 2 is 1.83 bits per heavy atom. The van der Waals surface area contributed by atoms with Gasteiger partial charge in [0.15, 0.2) is 5.65 Å². The third-order valence-electron chi connectivity index (χ3n) is 6.68. The van der Waals surface area contributed by atoms with Gasteiger partial charge in [0.2, 0.25) is 0 Å². The average Bonchev–Trinajstić information content (AvgIpc) is 3.03. The number of rotatable bonds is 6. The molecule has 0 radical (unpaired) electrons. The summed E-state index contributed by atoms with van der Waals surface area (Å²) in [5.74, 6) is 1.57. The molecular formula is C23H37N5O. The SMILES string of the molecule is Cn1nc(CCCN2CCCC(CO)C2)c2ccc(N3CCCCCCC3)nc21. The molecule has 4 heterocycles. The van der Waals surface area contributed by atoms with Crippen LogP contribution >= 0.6 is 0 Å². The number of hydrogen-bond acceptors (Lipinski definition) is 5. The van der Waals surface area contributed by atoms with Crippen LogP contribution in [0.15, 0.2) is 12.1 Å². The summed E-state index contributed by atoms with van der Waals surface area (Å²) in [6.07, 6.45) is 11.1. The first-order valence-corrected chi connectivity index (χ1v) is 11.7. The van der Waals surface area contributed by atoms with Crippen molar-refractivity contribution in [1.82, 2.24) is 19.7 Å². The van der Waals surface area contributed by atoms with Gasteiger partial charge in [0.05, 0.1) is 5.69 Å². The van der Waals surface area contributed by atoms with Gasteiger partial charge >= 0.3 is 0 Å². The zero-order valence-corrected chi connectivity index (χ0v) is 18.0. The van der Waals surface area contributed by atoms with Crippen molar-refractivity contribution < 1.29 is 5.11 Å². The van der Waals surface area contributed by atoms with E-state index in [2.05, 4.69) is 21.9 Å². The van der Waals surface area contributed by atoms with E-state index in [1.54, 1.807) is 0 Å². The van der Waals surface area contributed by atoms with Crippen LogP contribution in [0.3, 0.4) is 0 Å². The minimum atomic E-state index is 0.326. The average molecular weight is 400 g/mol. The maximum Gasteiger partial charge on any atom is 0.160 e. The quantitative estimate of drug-likeness (QED) is 0.807. The Labute approximate surface area is 174 Å². The fraction of sp³-hybridized carbons (Fsp3) is 0.739. The van der Waals surface area contributed by atoms with Crippen LogP contribution in [0.1, 0.15) is 57.1 Å². The lowest BCUT2D eigenvalue weighted by atomic mass is 9.99. The Morgan fingerprint density at radius 1 is 1.03 bits per heavy atom. The van der Waals surface area contributed by atoms with Crippen LogP contribution in [0.5, 0.6) is 0 Å². The van der Waals surface area contributed by atoms with Crippen LogP contribution in [0.25, 0.3) is 11.0 Å². The van der Waals surface area contributed by atoms with E-state index in [9.17, 15) is 5.11 Å². The number of aromatic nitrogens is 3. The summed E-state index contributed by atoms with van der Waals surface area (Å²) in [5.41, 5.74) is 2.18. The molecular weight excluding hydrogens is 362 g/mol. The molecule has 1 unspecified atom stereocenters. The van der Waals surface area contributed by atoms with E-state index >= 15 is 0 Å². The van der Waals surface area contributed by atoms with Crippen molar-refractivity contribution in [2.45, 2.75) is 57.8 Å².